The molecule has 0 saturated carbocycles. The van der Waals surface area contributed by atoms with Crippen LogP contribution in [0, 0.1) is 0 Å². The van der Waals surface area contributed by atoms with Gasteiger partial charge in [0.15, 0.2) is 0 Å². The Labute approximate surface area is 73.3 Å². The third-order valence-electron chi connectivity index (χ3n) is 0. The molecule has 0 aromatic rings. The Hall–Kier alpha value is 1.59. The summed E-state index contributed by atoms with van der Waals surface area (Å²) >= 11 is 0. The number of hydrogen-bond donors (Lipinski definition) is 3. The molecule has 0 amide bonds. The molecule has 0 bridgehead atoms. The van der Waals surface area contributed by atoms with Crippen molar-refractivity contribution in [3.63, 3.8) is 0 Å². The van der Waals surface area contributed by atoms with Crippen LogP contribution in [0.2, 0.25) is 0 Å². The molecular formula is H7BiLiO4P. The minimum atomic E-state index is -4.64. The van der Waals surface area contributed by atoms with Crippen LogP contribution in [0.4, 0.5) is 0 Å². The van der Waals surface area contributed by atoms with Crippen LogP contribution in [0.1, 0.15) is 1.43 Å². The average Bonchev–Trinajstić information content (AvgIpc) is 0.722. The van der Waals surface area contributed by atoms with Crippen molar-refractivity contribution in [3.8, 4) is 0 Å². The molecule has 0 fully saturated rings. The third-order valence-corrected chi connectivity index (χ3v) is 0. The Bertz CT molecular complexity index is 62.2. The molecule has 0 aromatic heterocycles. The first-order valence-corrected chi connectivity index (χ1v) is 2.35. The summed E-state index contributed by atoms with van der Waals surface area (Å²) in [5.41, 5.74) is 0. The van der Waals surface area contributed by atoms with Gasteiger partial charge >= 0.3 is 52.9 Å². The van der Waals surface area contributed by atoms with Gasteiger partial charge in [0.05, 0.1) is 0 Å². The van der Waals surface area contributed by atoms with E-state index in [9.17, 15) is 0 Å². The summed E-state index contributed by atoms with van der Waals surface area (Å²) in [6, 6.07) is 0. The van der Waals surface area contributed by atoms with E-state index >= 15 is 0 Å². The van der Waals surface area contributed by atoms with Crippen LogP contribution >= 0.6 is 7.82 Å². The van der Waals surface area contributed by atoms with E-state index in [4.69, 9.17) is 19.2 Å². The molecule has 0 spiro atoms. The number of rotatable bonds is 0. The van der Waals surface area contributed by atoms with E-state index in [1.165, 1.54) is 0 Å². The van der Waals surface area contributed by atoms with Crippen LogP contribution in [0.3, 0.4) is 0 Å². The van der Waals surface area contributed by atoms with Crippen molar-refractivity contribution in [1.29, 1.82) is 0 Å². The maximum Gasteiger partial charge on any atom is 1.00 e. The normalized spacial score (nSPS) is 8.43. The Balaban J connectivity index is -0.0000000267. The number of phosphoric acid groups is 1. The maximum absolute atomic E-state index is 8.88. The van der Waals surface area contributed by atoms with Crippen molar-refractivity contribution >= 4 is 34.0 Å². The van der Waals surface area contributed by atoms with Gasteiger partial charge in [-0.15, -0.1) is 0 Å². The molecule has 0 saturated heterocycles. The van der Waals surface area contributed by atoms with Gasteiger partial charge in [-0.1, -0.05) is 0 Å². The van der Waals surface area contributed by atoms with Gasteiger partial charge in [-0.3, -0.25) is 0 Å². The zero-order valence-corrected chi connectivity index (χ0v) is 10.3. The smallest absolute Gasteiger partial charge is 1.00 e. The van der Waals surface area contributed by atoms with E-state index in [1.807, 2.05) is 0 Å². The van der Waals surface area contributed by atoms with E-state index in [0.717, 1.165) is 0 Å². The fourth-order valence-corrected chi connectivity index (χ4v) is 0. The molecule has 0 atom stereocenters. The predicted octanol–water partition coefficient (Wildman–Crippen LogP) is -5.00. The molecule has 0 aromatic carbocycles. The second-order valence-electron chi connectivity index (χ2n) is 0.513. The van der Waals surface area contributed by atoms with Gasteiger partial charge in [-0.25, -0.2) is 4.57 Å². The van der Waals surface area contributed by atoms with Crippen molar-refractivity contribution in [2.24, 2.45) is 0 Å². The quantitative estimate of drug-likeness (QED) is 0.309. The van der Waals surface area contributed by atoms with Gasteiger partial charge in [-0.2, -0.15) is 0 Å². The van der Waals surface area contributed by atoms with Gasteiger partial charge in [0.2, 0.25) is 0 Å². The van der Waals surface area contributed by atoms with Crippen molar-refractivity contribution in [3.05, 3.63) is 0 Å². The minimum absolute atomic E-state index is 0. The van der Waals surface area contributed by atoms with E-state index in [2.05, 4.69) is 0 Å². The maximum atomic E-state index is 8.88. The molecule has 7 heteroatoms. The zero-order valence-electron chi connectivity index (χ0n) is 4.90. The van der Waals surface area contributed by atoms with E-state index in [0.29, 0.717) is 0 Å². The largest absolute Gasteiger partial charge is 1.00 e. The van der Waals surface area contributed by atoms with E-state index in [-0.39, 0.29) is 46.5 Å². The SMILES string of the molecule is O=P(O)(O)O.[BiH3].[H-].[Li+]. The molecule has 42 valence electrons. The average molecular weight is 318 g/mol. The van der Waals surface area contributed by atoms with Crippen LogP contribution in [0.25, 0.3) is 0 Å². The summed E-state index contributed by atoms with van der Waals surface area (Å²) in [6.45, 7) is 0. The van der Waals surface area contributed by atoms with Crippen LogP contribution in [0.5, 0.6) is 0 Å². The summed E-state index contributed by atoms with van der Waals surface area (Å²) < 4.78 is 8.88. The first kappa shape index (κ1) is 15.8. The molecule has 0 aliphatic carbocycles. The fourth-order valence-electron chi connectivity index (χ4n) is 0. The molecule has 0 aliphatic heterocycles. The molecule has 3 N–H and O–H groups in total. The molecule has 4 nitrogen and oxygen atoms in total. The molecule has 0 aliphatic rings. The Morgan fingerprint density at radius 3 is 1.29 bits per heavy atom. The number of hydrogen-bond acceptors (Lipinski definition) is 1. The molecule has 0 unspecified atom stereocenters. The van der Waals surface area contributed by atoms with Crippen molar-refractivity contribution in [2.45, 2.75) is 0 Å². The standard InChI is InChI=1S/Bi.Li.H3O4P.4H/c;;1-5(2,3)4;;;;/h;;(H3,1,2,3,4);;;;/q;+1;;;;;-1. The summed E-state index contributed by atoms with van der Waals surface area (Å²) in [7, 11) is -4.64. The van der Waals surface area contributed by atoms with Crippen molar-refractivity contribution in [2.75, 3.05) is 0 Å². The van der Waals surface area contributed by atoms with Crippen molar-refractivity contribution in [1.82, 2.24) is 0 Å². The predicted molar refractivity (Wildman–Crippen MR) is 25.3 cm³/mol. The van der Waals surface area contributed by atoms with Gasteiger partial charge in [0.1, 0.15) is 0 Å². The van der Waals surface area contributed by atoms with E-state index in [1.54, 1.807) is 0 Å². The van der Waals surface area contributed by atoms with Crippen LogP contribution < -0.4 is 18.9 Å². The monoisotopic (exact) mass is 318 g/mol. The first-order chi connectivity index (χ1) is 2.00. The summed E-state index contributed by atoms with van der Waals surface area (Å²) in [4.78, 5) is 21.6. The summed E-state index contributed by atoms with van der Waals surface area (Å²) in [6.07, 6.45) is 0. The van der Waals surface area contributed by atoms with Crippen molar-refractivity contribution < 1.29 is 39.5 Å². The summed E-state index contributed by atoms with van der Waals surface area (Å²) in [5, 5.41) is 0. The molecule has 7 heavy (non-hydrogen) atoms. The molecular weight excluding hydrogens is 311 g/mol. The van der Waals surface area contributed by atoms with Gasteiger partial charge in [-0.05, 0) is 0 Å². The second-order valence-corrected chi connectivity index (χ2v) is 1.54. The fraction of sp³-hybridized carbons (Fsp3) is 0. The van der Waals surface area contributed by atoms with Crippen LogP contribution in [-0.2, 0) is 4.57 Å². The van der Waals surface area contributed by atoms with Crippen LogP contribution in [-0.4, -0.2) is 40.9 Å². The topological polar surface area (TPSA) is 77.8 Å². The molecule has 0 rings (SSSR count). The Morgan fingerprint density at radius 1 is 1.29 bits per heavy atom. The first-order valence-electron chi connectivity index (χ1n) is 0.783. The van der Waals surface area contributed by atoms with Gasteiger partial charge in [0, 0.05) is 0 Å². The second kappa shape index (κ2) is 5.72. The zero-order chi connectivity index (χ0) is 4.50. The van der Waals surface area contributed by atoms with Gasteiger partial charge < -0.3 is 16.1 Å². The minimum Gasteiger partial charge on any atom is -1.00 e. The third kappa shape index (κ3) is 93.8. The van der Waals surface area contributed by atoms with Crippen LogP contribution in [0.15, 0.2) is 0 Å². The van der Waals surface area contributed by atoms with E-state index < -0.39 is 7.82 Å². The molecule has 0 radical (unpaired) electrons. The van der Waals surface area contributed by atoms with Gasteiger partial charge in [0.25, 0.3) is 0 Å². The Kier molecular flexibility index (Phi) is 12.9. The summed E-state index contributed by atoms with van der Waals surface area (Å²) in [5.74, 6) is 0. The molecule has 0 heterocycles. The Morgan fingerprint density at radius 2 is 1.29 bits per heavy atom.